The minimum absolute atomic E-state index is 0.217. The second-order valence-corrected chi connectivity index (χ2v) is 8.13. The summed E-state index contributed by atoms with van der Waals surface area (Å²) in [5.41, 5.74) is 0. The molecular weight excluding hydrogens is 298 g/mol. The van der Waals surface area contributed by atoms with Gasteiger partial charge in [0.1, 0.15) is 4.21 Å². The summed E-state index contributed by atoms with van der Waals surface area (Å²) in [6.07, 6.45) is 2.19. The molecule has 0 aliphatic carbocycles. The first kappa shape index (κ1) is 15.5. The summed E-state index contributed by atoms with van der Waals surface area (Å²) >= 11 is 1.30. The lowest BCUT2D eigenvalue weighted by atomic mass is 10.0. The number of rotatable bonds is 4. The number of piperidine rings is 1. The lowest BCUT2D eigenvalue weighted by Crippen LogP contribution is -2.42. The van der Waals surface area contributed by atoms with Gasteiger partial charge < -0.3 is 4.74 Å². The molecule has 0 bridgehead atoms. The fourth-order valence-electron chi connectivity index (χ4n) is 2.33. The molecule has 2 heterocycles. The number of hydrogen-bond acceptors (Lipinski definition) is 5. The van der Waals surface area contributed by atoms with Crippen LogP contribution in [0.25, 0.3) is 0 Å². The van der Waals surface area contributed by atoms with E-state index in [-0.39, 0.29) is 18.4 Å². The normalized spacial score (nSPS) is 20.8. The lowest BCUT2D eigenvalue weighted by Gasteiger charge is -2.29. The molecule has 0 aromatic carbocycles. The Morgan fingerprint density at radius 3 is 2.85 bits per heavy atom. The van der Waals surface area contributed by atoms with E-state index >= 15 is 0 Å². The number of methoxy groups -OCH3 is 1. The van der Waals surface area contributed by atoms with Crippen LogP contribution in [0.4, 0.5) is 0 Å². The zero-order chi connectivity index (χ0) is 14.8. The molecule has 1 atom stereocenters. The van der Waals surface area contributed by atoms with Gasteiger partial charge in [-0.15, -0.1) is 11.3 Å². The maximum Gasteiger partial charge on any atom is 0.309 e. The van der Waals surface area contributed by atoms with E-state index < -0.39 is 10.0 Å². The first-order chi connectivity index (χ1) is 9.48. The fraction of sp³-hybridized carbons (Fsp3) is 0.615. The molecular formula is C13H19NO4S2. The minimum atomic E-state index is -3.48. The first-order valence-electron chi connectivity index (χ1n) is 6.65. The number of thiophene rings is 1. The molecule has 0 amide bonds. The van der Waals surface area contributed by atoms with Crippen molar-refractivity contribution in [3.8, 4) is 0 Å². The molecule has 5 nitrogen and oxygen atoms in total. The Balaban J connectivity index is 2.18. The van der Waals surface area contributed by atoms with E-state index in [2.05, 4.69) is 0 Å². The summed E-state index contributed by atoms with van der Waals surface area (Å²) in [5, 5.41) is 0. The van der Waals surface area contributed by atoms with Crippen LogP contribution in [0, 0.1) is 5.92 Å². The van der Waals surface area contributed by atoms with Gasteiger partial charge in [0.15, 0.2) is 0 Å². The molecule has 1 aromatic heterocycles. The SMILES string of the molecule is CCc1ccc(S(=O)(=O)N2CCC[C@H](C(=O)OC)C2)s1. The van der Waals surface area contributed by atoms with Crippen molar-refractivity contribution in [2.75, 3.05) is 20.2 Å². The van der Waals surface area contributed by atoms with Crippen molar-refractivity contribution in [3.63, 3.8) is 0 Å². The van der Waals surface area contributed by atoms with E-state index in [1.165, 1.54) is 22.8 Å². The van der Waals surface area contributed by atoms with Crippen LogP contribution in [-0.2, 0) is 26.0 Å². The van der Waals surface area contributed by atoms with Crippen molar-refractivity contribution in [3.05, 3.63) is 17.0 Å². The lowest BCUT2D eigenvalue weighted by molar-refractivity contribution is -0.146. The van der Waals surface area contributed by atoms with E-state index in [0.29, 0.717) is 23.6 Å². The highest BCUT2D eigenvalue weighted by Crippen LogP contribution is 2.29. The van der Waals surface area contributed by atoms with Gasteiger partial charge in [-0.1, -0.05) is 6.92 Å². The van der Waals surface area contributed by atoms with E-state index in [4.69, 9.17) is 4.74 Å². The predicted molar refractivity (Wildman–Crippen MR) is 77.2 cm³/mol. The van der Waals surface area contributed by atoms with Crippen LogP contribution >= 0.6 is 11.3 Å². The Morgan fingerprint density at radius 1 is 1.50 bits per heavy atom. The zero-order valence-corrected chi connectivity index (χ0v) is 13.3. The van der Waals surface area contributed by atoms with Crippen LogP contribution in [0.2, 0.25) is 0 Å². The number of nitrogens with zero attached hydrogens (tertiary/aromatic N) is 1. The monoisotopic (exact) mass is 317 g/mol. The van der Waals surface area contributed by atoms with Crippen molar-refractivity contribution in [1.29, 1.82) is 0 Å². The minimum Gasteiger partial charge on any atom is -0.469 e. The summed E-state index contributed by atoms with van der Waals surface area (Å²) in [7, 11) is -2.15. The van der Waals surface area contributed by atoms with Crippen molar-refractivity contribution in [1.82, 2.24) is 4.31 Å². The molecule has 0 saturated carbocycles. The number of esters is 1. The topological polar surface area (TPSA) is 63.7 Å². The smallest absolute Gasteiger partial charge is 0.309 e. The quantitative estimate of drug-likeness (QED) is 0.796. The van der Waals surface area contributed by atoms with Gasteiger partial charge in [0, 0.05) is 18.0 Å². The van der Waals surface area contributed by atoms with Gasteiger partial charge in [-0.05, 0) is 31.4 Å². The van der Waals surface area contributed by atoms with Crippen molar-refractivity contribution in [2.24, 2.45) is 5.92 Å². The van der Waals surface area contributed by atoms with Gasteiger partial charge >= 0.3 is 5.97 Å². The molecule has 1 aliphatic rings. The van der Waals surface area contributed by atoms with E-state index in [1.807, 2.05) is 13.0 Å². The zero-order valence-electron chi connectivity index (χ0n) is 11.7. The molecule has 0 radical (unpaired) electrons. The van der Waals surface area contributed by atoms with Gasteiger partial charge in [0.2, 0.25) is 0 Å². The number of hydrogen-bond donors (Lipinski definition) is 0. The van der Waals surface area contributed by atoms with Crippen LogP contribution in [0.5, 0.6) is 0 Å². The number of aryl methyl sites for hydroxylation is 1. The molecule has 1 saturated heterocycles. The molecule has 20 heavy (non-hydrogen) atoms. The van der Waals surface area contributed by atoms with Gasteiger partial charge in [0.05, 0.1) is 13.0 Å². The first-order valence-corrected chi connectivity index (χ1v) is 8.91. The standard InChI is InChI=1S/C13H19NO4S2/c1-3-11-6-7-12(19-11)20(16,17)14-8-4-5-10(9-14)13(15)18-2/h6-7,10H,3-5,8-9H2,1-2H3/t10-/m0/s1. The average molecular weight is 317 g/mol. The second kappa shape index (κ2) is 6.24. The molecule has 7 heteroatoms. The van der Waals surface area contributed by atoms with Gasteiger partial charge in [-0.25, -0.2) is 8.42 Å². The highest BCUT2D eigenvalue weighted by Gasteiger charge is 2.34. The average Bonchev–Trinajstić information content (AvgIpc) is 2.96. The molecule has 1 aromatic rings. The van der Waals surface area contributed by atoms with E-state index in [0.717, 1.165) is 11.3 Å². The summed E-state index contributed by atoms with van der Waals surface area (Å²) in [6, 6.07) is 3.50. The Morgan fingerprint density at radius 2 is 2.25 bits per heavy atom. The summed E-state index contributed by atoms with van der Waals surface area (Å²) in [4.78, 5) is 12.6. The van der Waals surface area contributed by atoms with Crippen LogP contribution in [-0.4, -0.2) is 38.9 Å². The maximum atomic E-state index is 12.6. The number of sulfonamides is 1. The van der Waals surface area contributed by atoms with Crippen LogP contribution < -0.4 is 0 Å². The maximum absolute atomic E-state index is 12.6. The molecule has 2 rings (SSSR count). The summed E-state index contributed by atoms with van der Waals surface area (Å²) in [5.74, 6) is -0.681. The molecule has 0 spiro atoms. The second-order valence-electron chi connectivity index (χ2n) is 4.80. The van der Waals surface area contributed by atoms with Crippen LogP contribution in [0.1, 0.15) is 24.6 Å². The molecule has 112 valence electrons. The largest absolute Gasteiger partial charge is 0.469 e. The summed E-state index contributed by atoms with van der Waals surface area (Å²) in [6.45, 7) is 2.68. The third-order valence-corrected chi connectivity index (χ3v) is 7.06. The Kier molecular flexibility index (Phi) is 4.82. The number of carbonyl (C=O) groups is 1. The van der Waals surface area contributed by atoms with Crippen molar-refractivity contribution < 1.29 is 17.9 Å². The Hall–Kier alpha value is -0.920. The van der Waals surface area contributed by atoms with E-state index in [9.17, 15) is 13.2 Å². The molecule has 1 aliphatic heterocycles. The highest BCUT2D eigenvalue weighted by atomic mass is 32.2. The van der Waals surface area contributed by atoms with E-state index in [1.54, 1.807) is 6.07 Å². The van der Waals surface area contributed by atoms with Crippen LogP contribution in [0.15, 0.2) is 16.3 Å². The third-order valence-electron chi connectivity index (χ3n) is 3.50. The van der Waals surface area contributed by atoms with Gasteiger partial charge in [0.25, 0.3) is 10.0 Å². The molecule has 0 N–H and O–H groups in total. The van der Waals surface area contributed by atoms with Gasteiger partial charge in [-0.2, -0.15) is 4.31 Å². The summed E-state index contributed by atoms with van der Waals surface area (Å²) < 4.78 is 31.6. The van der Waals surface area contributed by atoms with Crippen LogP contribution in [0.3, 0.4) is 0 Å². The number of ether oxygens (including phenoxy) is 1. The molecule has 1 fully saturated rings. The third kappa shape index (κ3) is 3.05. The Bertz CT molecular complexity index is 579. The van der Waals surface area contributed by atoms with Gasteiger partial charge in [-0.3, -0.25) is 4.79 Å². The van der Waals surface area contributed by atoms with Crippen molar-refractivity contribution in [2.45, 2.75) is 30.4 Å². The van der Waals surface area contributed by atoms with Crippen molar-refractivity contribution >= 4 is 27.3 Å². The fourth-order valence-corrected chi connectivity index (χ4v) is 5.31. The molecule has 0 unspecified atom stereocenters. The Labute approximate surface area is 123 Å². The highest BCUT2D eigenvalue weighted by molar-refractivity contribution is 7.91. The predicted octanol–water partition coefficient (Wildman–Crippen LogP) is 1.88. The number of carbonyl (C=O) groups excluding carboxylic acids is 1.